The lowest BCUT2D eigenvalue weighted by Gasteiger charge is -2.18. The van der Waals surface area contributed by atoms with Crippen LogP contribution in [0.1, 0.15) is 12.0 Å². The van der Waals surface area contributed by atoms with E-state index in [9.17, 15) is 9.18 Å². The number of nitrogens with zero attached hydrogens (tertiary/aromatic N) is 1. The van der Waals surface area contributed by atoms with Crippen molar-refractivity contribution >= 4 is 27.5 Å². The molecule has 1 aliphatic heterocycles. The van der Waals surface area contributed by atoms with Crippen molar-refractivity contribution in [2.45, 2.75) is 13.0 Å². The van der Waals surface area contributed by atoms with Crippen LogP contribution in [-0.4, -0.2) is 22.7 Å². The van der Waals surface area contributed by atoms with Crippen LogP contribution in [0.4, 0.5) is 10.1 Å². The SMILES string of the molecule is Nc1cccc(F)c1CN1CC(CBr)CC1=O. The first-order valence-electron chi connectivity index (χ1n) is 5.48. The van der Waals surface area contributed by atoms with Gasteiger partial charge in [0, 0.05) is 29.5 Å². The highest BCUT2D eigenvalue weighted by atomic mass is 79.9. The lowest BCUT2D eigenvalue weighted by Crippen LogP contribution is -2.25. The number of anilines is 1. The summed E-state index contributed by atoms with van der Waals surface area (Å²) in [4.78, 5) is 13.4. The molecule has 17 heavy (non-hydrogen) atoms. The van der Waals surface area contributed by atoms with Crippen LogP contribution in [0, 0.1) is 11.7 Å². The molecule has 1 aliphatic rings. The summed E-state index contributed by atoms with van der Waals surface area (Å²) < 4.78 is 13.6. The van der Waals surface area contributed by atoms with Crippen LogP contribution in [0.5, 0.6) is 0 Å². The van der Waals surface area contributed by atoms with Gasteiger partial charge in [-0.25, -0.2) is 4.39 Å². The largest absolute Gasteiger partial charge is 0.398 e. The van der Waals surface area contributed by atoms with Crippen LogP contribution in [-0.2, 0) is 11.3 Å². The summed E-state index contributed by atoms with van der Waals surface area (Å²) in [6.07, 6.45) is 0.527. The lowest BCUT2D eigenvalue weighted by atomic mass is 10.1. The lowest BCUT2D eigenvalue weighted by molar-refractivity contribution is -0.128. The molecule has 1 amide bonds. The molecule has 1 atom stereocenters. The maximum atomic E-state index is 13.6. The maximum Gasteiger partial charge on any atom is 0.223 e. The average Bonchev–Trinajstić information content (AvgIpc) is 2.65. The molecule has 2 rings (SSSR count). The van der Waals surface area contributed by atoms with E-state index in [1.807, 2.05) is 0 Å². The molecule has 92 valence electrons. The fourth-order valence-electron chi connectivity index (χ4n) is 2.04. The monoisotopic (exact) mass is 300 g/mol. The number of benzene rings is 1. The minimum Gasteiger partial charge on any atom is -0.398 e. The Balaban J connectivity index is 2.14. The van der Waals surface area contributed by atoms with Crippen molar-refractivity contribution in [3.05, 3.63) is 29.6 Å². The first-order chi connectivity index (χ1) is 8.11. The highest BCUT2D eigenvalue weighted by Gasteiger charge is 2.29. The summed E-state index contributed by atoms with van der Waals surface area (Å²) >= 11 is 3.37. The zero-order valence-corrected chi connectivity index (χ0v) is 10.9. The third-order valence-electron chi connectivity index (χ3n) is 3.02. The van der Waals surface area contributed by atoms with Gasteiger partial charge in [-0.1, -0.05) is 22.0 Å². The van der Waals surface area contributed by atoms with Crippen molar-refractivity contribution in [3.8, 4) is 0 Å². The molecule has 0 spiro atoms. The number of carbonyl (C=O) groups excluding carboxylic acids is 1. The number of nitrogens with two attached hydrogens (primary N) is 1. The van der Waals surface area contributed by atoms with Crippen molar-refractivity contribution in [2.24, 2.45) is 5.92 Å². The Morgan fingerprint density at radius 2 is 2.29 bits per heavy atom. The quantitative estimate of drug-likeness (QED) is 0.687. The van der Waals surface area contributed by atoms with Gasteiger partial charge < -0.3 is 10.6 Å². The molecule has 0 aliphatic carbocycles. The smallest absolute Gasteiger partial charge is 0.223 e. The Bertz CT molecular complexity index is 418. The number of likely N-dealkylation sites (tertiary alicyclic amines) is 1. The van der Waals surface area contributed by atoms with Crippen molar-refractivity contribution in [1.82, 2.24) is 4.90 Å². The van der Waals surface area contributed by atoms with Gasteiger partial charge in [-0.05, 0) is 18.1 Å². The van der Waals surface area contributed by atoms with Gasteiger partial charge in [0.05, 0.1) is 6.54 Å². The minimum absolute atomic E-state index is 0.0668. The van der Waals surface area contributed by atoms with Gasteiger partial charge in [0.15, 0.2) is 0 Å². The summed E-state index contributed by atoms with van der Waals surface area (Å²) in [5.74, 6) is 0.0349. The summed E-state index contributed by atoms with van der Waals surface area (Å²) in [5.41, 5.74) is 6.54. The highest BCUT2D eigenvalue weighted by Crippen LogP contribution is 2.24. The van der Waals surface area contributed by atoms with Gasteiger partial charge in [0.25, 0.3) is 0 Å². The van der Waals surface area contributed by atoms with Gasteiger partial charge in [-0.3, -0.25) is 4.79 Å². The Labute approximate surface area is 108 Å². The number of amides is 1. The zero-order chi connectivity index (χ0) is 12.4. The second-order valence-electron chi connectivity index (χ2n) is 4.31. The van der Waals surface area contributed by atoms with Gasteiger partial charge in [0.2, 0.25) is 5.91 Å². The van der Waals surface area contributed by atoms with Crippen molar-refractivity contribution in [3.63, 3.8) is 0 Å². The Hall–Kier alpha value is -1.10. The van der Waals surface area contributed by atoms with Crippen LogP contribution >= 0.6 is 15.9 Å². The third-order valence-corrected chi connectivity index (χ3v) is 3.93. The van der Waals surface area contributed by atoms with E-state index in [4.69, 9.17) is 5.73 Å². The summed E-state index contributed by atoms with van der Waals surface area (Å²) in [6, 6.07) is 4.59. The molecule has 1 saturated heterocycles. The van der Waals surface area contributed by atoms with Gasteiger partial charge >= 0.3 is 0 Å². The number of hydrogen-bond acceptors (Lipinski definition) is 2. The van der Waals surface area contributed by atoms with Crippen LogP contribution in [0.25, 0.3) is 0 Å². The van der Waals surface area contributed by atoms with Crippen LogP contribution in [0.3, 0.4) is 0 Å². The first-order valence-corrected chi connectivity index (χ1v) is 6.60. The van der Waals surface area contributed by atoms with E-state index in [0.717, 1.165) is 5.33 Å². The van der Waals surface area contributed by atoms with Gasteiger partial charge in [-0.2, -0.15) is 0 Å². The Kier molecular flexibility index (Phi) is 3.66. The number of carbonyl (C=O) groups is 1. The number of halogens is 2. The molecule has 5 heteroatoms. The van der Waals surface area contributed by atoms with E-state index in [0.29, 0.717) is 30.1 Å². The molecular weight excluding hydrogens is 287 g/mol. The number of nitrogen functional groups attached to an aromatic ring is 1. The molecular formula is C12H14BrFN2O. The van der Waals surface area contributed by atoms with E-state index in [-0.39, 0.29) is 18.3 Å². The van der Waals surface area contributed by atoms with Crippen molar-refractivity contribution in [1.29, 1.82) is 0 Å². The zero-order valence-electron chi connectivity index (χ0n) is 9.33. The third kappa shape index (κ3) is 2.60. The molecule has 3 nitrogen and oxygen atoms in total. The van der Waals surface area contributed by atoms with Gasteiger partial charge in [0.1, 0.15) is 5.82 Å². The fraction of sp³-hybridized carbons (Fsp3) is 0.417. The number of hydrogen-bond donors (Lipinski definition) is 1. The van der Waals surface area contributed by atoms with E-state index >= 15 is 0 Å². The molecule has 1 heterocycles. The molecule has 2 N–H and O–H groups in total. The highest BCUT2D eigenvalue weighted by molar-refractivity contribution is 9.09. The predicted octanol–water partition coefficient (Wildman–Crippen LogP) is 2.15. The standard InChI is InChI=1S/C12H14BrFN2O/c13-5-8-4-12(17)16(6-8)7-9-10(14)2-1-3-11(9)15/h1-3,8H,4-7,15H2. The molecule has 1 fully saturated rings. The van der Waals surface area contributed by atoms with Crippen LogP contribution in [0.15, 0.2) is 18.2 Å². The molecule has 0 radical (unpaired) electrons. The minimum atomic E-state index is -0.347. The fourth-order valence-corrected chi connectivity index (χ4v) is 2.48. The maximum absolute atomic E-state index is 13.6. The van der Waals surface area contributed by atoms with Crippen molar-refractivity contribution in [2.75, 3.05) is 17.6 Å². The van der Waals surface area contributed by atoms with E-state index in [1.54, 1.807) is 17.0 Å². The summed E-state index contributed by atoms with van der Waals surface area (Å²) in [7, 11) is 0. The predicted molar refractivity (Wildman–Crippen MR) is 68.1 cm³/mol. The Morgan fingerprint density at radius 3 is 2.88 bits per heavy atom. The summed E-state index contributed by atoms with van der Waals surface area (Å²) in [5, 5.41) is 0.794. The van der Waals surface area contributed by atoms with E-state index in [2.05, 4.69) is 15.9 Å². The normalized spacial score (nSPS) is 20.0. The van der Waals surface area contributed by atoms with E-state index < -0.39 is 0 Å². The molecule has 1 aromatic rings. The topological polar surface area (TPSA) is 46.3 Å². The summed E-state index contributed by atoms with van der Waals surface area (Å²) in [6.45, 7) is 0.929. The second-order valence-corrected chi connectivity index (χ2v) is 4.95. The molecule has 0 aromatic heterocycles. The molecule has 1 aromatic carbocycles. The van der Waals surface area contributed by atoms with Gasteiger partial charge in [-0.15, -0.1) is 0 Å². The van der Waals surface area contributed by atoms with E-state index in [1.165, 1.54) is 6.07 Å². The van der Waals surface area contributed by atoms with Crippen LogP contribution in [0.2, 0.25) is 0 Å². The molecule has 0 saturated carbocycles. The first kappa shape index (κ1) is 12.4. The average molecular weight is 301 g/mol. The van der Waals surface area contributed by atoms with Crippen molar-refractivity contribution < 1.29 is 9.18 Å². The van der Waals surface area contributed by atoms with Crippen LogP contribution < -0.4 is 5.73 Å². The molecule has 0 bridgehead atoms. The number of rotatable bonds is 3. The second kappa shape index (κ2) is 5.04. The Morgan fingerprint density at radius 1 is 1.53 bits per heavy atom. The molecule has 1 unspecified atom stereocenters. The number of alkyl halides is 1.